The standard InChI is InChI=1S/C25H24N2OS/c1-3-17-29-23-16-10-7-13-20(23)18-26(2)27-22-15-9-8-14-21(22)24(25(27)28)19-11-5-4-6-12-19/h3-16,24H,1,17-18H2,2H3/t24-/m0/s1. The van der Waals surface area contributed by atoms with Crippen LogP contribution in [-0.2, 0) is 11.3 Å². The van der Waals surface area contributed by atoms with E-state index in [0.29, 0.717) is 6.54 Å². The van der Waals surface area contributed by atoms with Crippen LogP contribution in [0.2, 0.25) is 0 Å². The predicted molar refractivity (Wildman–Crippen MR) is 121 cm³/mol. The van der Waals surface area contributed by atoms with Crippen LogP contribution in [0.1, 0.15) is 22.6 Å². The molecule has 0 fully saturated rings. The molecule has 0 saturated heterocycles. The maximum absolute atomic E-state index is 13.5. The largest absolute Gasteiger partial charge is 0.272 e. The van der Waals surface area contributed by atoms with Crippen molar-refractivity contribution in [2.24, 2.45) is 0 Å². The van der Waals surface area contributed by atoms with Crippen molar-refractivity contribution in [2.45, 2.75) is 17.4 Å². The number of nitrogens with zero attached hydrogens (tertiary/aromatic N) is 2. The SMILES string of the molecule is C=CCSc1ccccc1CN(C)N1C(=O)[C@@H](c2ccccc2)c2ccccc21. The number of carbonyl (C=O) groups is 1. The first-order valence-corrected chi connectivity index (χ1v) is 10.7. The highest BCUT2D eigenvalue weighted by molar-refractivity contribution is 7.99. The molecule has 3 aromatic rings. The minimum Gasteiger partial charge on any atom is -0.272 e. The molecule has 0 bridgehead atoms. The minimum absolute atomic E-state index is 0.0936. The molecule has 1 heterocycles. The van der Waals surface area contributed by atoms with Crippen molar-refractivity contribution >= 4 is 23.4 Å². The summed E-state index contributed by atoms with van der Waals surface area (Å²) < 4.78 is 0. The van der Waals surface area contributed by atoms with Crippen molar-refractivity contribution in [3.05, 3.63) is 108 Å². The summed E-state index contributed by atoms with van der Waals surface area (Å²) in [4.78, 5) is 14.7. The number of benzene rings is 3. The molecule has 0 saturated carbocycles. The third kappa shape index (κ3) is 3.86. The monoisotopic (exact) mass is 400 g/mol. The number of anilines is 1. The second-order valence-electron chi connectivity index (χ2n) is 7.08. The van der Waals surface area contributed by atoms with Crippen LogP contribution in [0.15, 0.2) is 96.4 Å². The lowest BCUT2D eigenvalue weighted by Gasteiger charge is -2.29. The maximum Gasteiger partial charge on any atom is 0.253 e. The Balaban J connectivity index is 1.65. The van der Waals surface area contributed by atoms with Gasteiger partial charge in [0.1, 0.15) is 0 Å². The fraction of sp³-hybridized carbons (Fsp3) is 0.160. The second kappa shape index (κ2) is 8.68. The van der Waals surface area contributed by atoms with Crippen LogP contribution in [0.5, 0.6) is 0 Å². The lowest BCUT2D eigenvalue weighted by molar-refractivity contribution is -0.121. The van der Waals surface area contributed by atoms with E-state index in [4.69, 9.17) is 0 Å². The Morgan fingerprint density at radius 2 is 1.69 bits per heavy atom. The summed E-state index contributed by atoms with van der Waals surface area (Å²) in [6.45, 7) is 4.47. The van der Waals surface area contributed by atoms with Crippen LogP contribution in [0.4, 0.5) is 5.69 Å². The highest BCUT2D eigenvalue weighted by atomic mass is 32.2. The van der Waals surface area contributed by atoms with Gasteiger partial charge in [-0.1, -0.05) is 72.8 Å². The molecular weight excluding hydrogens is 376 g/mol. The number of fused-ring (bicyclic) bond motifs is 1. The maximum atomic E-state index is 13.5. The number of hydrogen-bond acceptors (Lipinski definition) is 3. The van der Waals surface area contributed by atoms with Gasteiger partial charge in [0.25, 0.3) is 5.91 Å². The van der Waals surface area contributed by atoms with Crippen LogP contribution in [0.25, 0.3) is 0 Å². The smallest absolute Gasteiger partial charge is 0.253 e. The molecule has 1 aliphatic rings. The molecule has 1 atom stereocenters. The number of carbonyl (C=O) groups excluding carboxylic acids is 1. The lowest BCUT2D eigenvalue weighted by atomic mass is 9.93. The van der Waals surface area contributed by atoms with E-state index in [1.54, 1.807) is 11.8 Å². The number of thioether (sulfide) groups is 1. The first-order valence-electron chi connectivity index (χ1n) is 9.71. The van der Waals surface area contributed by atoms with Gasteiger partial charge in [-0.2, -0.15) is 0 Å². The predicted octanol–water partition coefficient (Wildman–Crippen LogP) is 5.49. The van der Waals surface area contributed by atoms with Gasteiger partial charge in [0.15, 0.2) is 0 Å². The number of hydrogen-bond donors (Lipinski definition) is 0. The molecule has 0 aliphatic carbocycles. The normalized spacial score (nSPS) is 15.6. The topological polar surface area (TPSA) is 23.6 Å². The summed E-state index contributed by atoms with van der Waals surface area (Å²) in [5, 5.41) is 3.86. The van der Waals surface area contributed by atoms with Gasteiger partial charge in [0, 0.05) is 24.2 Å². The second-order valence-corrected chi connectivity index (χ2v) is 8.14. The molecule has 0 radical (unpaired) electrons. The highest BCUT2D eigenvalue weighted by Crippen LogP contribution is 2.42. The Morgan fingerprint density at radius 3 is 2.48 bits per heavy atom. The van der Waals surface area contributed by atoms with E-state index in [0.717, 1.165) is 22.6 Å². The molecule has 4 rings (SSSR count). The van der Waals surface area contributed by atoms with Crippen LogP contribution in [0.3, 0.4) is 0 Å². The molecule has 3 aromatic carbocycles. The van der Waals surface area contributed by atoms with Crippen LogP contribution < -0.4 is 5.01 Å². The Bertz CT molecular complexity index is 1020. The number of hydrazine groups is 1. The summed E-state index contributed by atoms with van der Waals surface area (Å²) in [6, 6.07) is 26.5. The molecule has 29 heavy (non-hydrogen) atoms. The molecule has 3 nitrogen and oxygen atoms in total. The van der Waals surface area contributed by atoms with Gasteiger partial charge >= 0.3 is 0 Å². The first-order chi connectivity index (χ1) is 14.2. The van der Waals surface area contributed by atoms with E-state index in [9.17, 15) is 4.79 Å². The van der Waals surface area contributed by atoms with E-state index < -0.39 is 0 Å². The summed E-state index contributed by atoms with van der Waals surface area (Å²) in [7, 11) is 1.98. The van der Waals surface area contributed by atoms with E-state index >= 15 is 0 Å². The number of para-hydroxylation sites is 1. The van der Waals surface area contributed by atoms with Crippen molar-refractivity contribution in [1.29, 1.82) is 0 Å². The summed E-state index contributed by atoms with van der Waals surface area (Å²) in [5.41, 5.74) is 4.26. The molecule has 1 amide bonds. The molecular formula is C25H24N2OS. The van der Waals surface area contributed by atoms with Gasteiger partial charge in [0.2, 0.25) is 0 Å². The van der Waals surface area contributed by atoms with E-state index in [1.807, 2.05) is 77.7 Å². The molecule has 0 spiro atoms. The van der Waals surface area contributed by atoms with Gasteiger partial charge < -0.3 is 0 Å². The number of rotatable bonds is 7. The molecule has 0 N–H and O–H groups in total. The first kappa shape index (κ1) is 19.5. The molecule has 1 aliphatic heterocycles. The third-order valence-electron chi connectivity index (χ3n) is 5.13. The lowest BCUT2D eigenvalue weighted by Crippen LogP contribution is -2.42. The fourth-order valence-corrected chi connectivity index (χ4v) is 4.65. The fourth-order valence-electron chi connectivity index (χ4n) is 3.86. The Hall–Kier alpha value is -2.82. The zero-order valence-electron chi connectivity index (χ0n) is 16.5. The third-order valence-corrected chi connectivity index (χ3v) is 6.25. The van der Waals surface area contributed by atoms with E-state index in [-0.39, 0.29) is 11.8 Å². The Kier molecular flexibility index (Phi) is 5.84. The van der Waals surface area contributed by atoms with Crippen molar-refractivity contribution in [3.63, 3.8) is 0 Å². The van der Waals surface area contributed by atoms with Gasteiger partial charge in [-0.3, -0.25) is 4.79 Å². The highest BCUT2D eigenvalue weighted by Gasteiger charge is 2.40. The molecule has 4 heteroatoms. The Morgan fingerprint density at radius 1 is 1.00 bits per heavy atom. The summed E-state index contributed by atoms with van der Waals surface area (Å²) in [5.74, 6) is 0.693. The van der Waals surface area contributed by atoms with Crippen LogP contribution in [-0.4, -0.2) is 23.7 Å². The Labute approximate surface area is 176 Å². The van der Waals surface area contributed by atoms with E-state index in [1.165, 1.54) is 10.5 Å². The van der Waals surface area contributed by atoms with Gasteiger partial charge in [-0.15, -0.1) is 18.3 Å². The van der Waals surface area contributed by atoms with Crippen LogP contribution >= 0.6 is 11.8 Å². The minimum atomic E-state index is -0.264. The van der Waals surface area contributed by atoms with Gasteiger partial charge in [-0.05, 0) is 28.8 Å². The molecule has 0 aromatic heterocycles. The van der Waals surface area contributed by atoms with Crippen molar-refractivity contribution in [3.8, 4) is 0 Å². The van der Waals surface area contributed by atoms with Crippen molar-refractivity contribution in [1.82, 2.24) is 5.01 Å². The van der Waals surface area contributed by atoms with Gasteiger partial charge in [0.05, 0.1) is 11.6 Å². The van der Waals surface area contributed by atoms with Crippen LogP contribution in [0, 0.1) is 0 Å². The quantitative estimate of drug-likeness (QED) is 0.387. The summed E-state index contributed by atoms with van der Waals surface area (Å²) in [6.07, 6.45) is 1.91. The van der Waals surface area contributed by atoms with Crippen molar-refractivity contribution in [2.75, 3.05) is 17.8 Å². The van der Waals surface area contributed by atoms with Gasteiger partial charge in [-0.25, -0.2) is 10.0 Å². The average Bonchev–Trinajstić information content (AvgIpc) is 3.05. The molecule has 146 valence electrons. The molecule has 0 unspecified atom stereocenters. The van der Waals surface area contributed by atoms with E-state index in [2.05, 4.69) is 30.8 Å². The summed E-state index contributed by atoms with van der Waals surface area (Å²) >= 11 is 1.77. The average molecular weight is 401 g/mol. The van der Waals surface area contributed by atoms with Crippen molar-refractivity contribution < 1.29 is 4.79 Å². The zero-order chi connectivity index (χ0) is 20.2. The number of amides is 1. The zero-order valence-corrected chi connectivity index (χ0v) is 17.3.